The summed E-state index contributed by atoms with van der Waals surface area (Å²) in [7, 11) is 0. The Morgan fingerprint density at radius 1 is 1.29 bits per heavy atom. The molecule has 21 heavy (non-hydrogen) atoms. The summed E-state index contributed by atoms with van der Waals surface area (Å²) in [5, 5.41) is 3.54. The predicted molar refractivity (Wildman–Crippen MR) is 80.7 cm³/mol. The van der Waals surface area contributed by atoms with Gasteiger partial charge in [-0.25, -0.2) is 4.98 Å². The van der Waals surface area contributed by atoms with Gasteiger partial charge >= 0.3 is 0 Å². The summed E-state index contributed by atoms with van der Waals surface area (Å²) in [6.45, 7) is 5.49. The molecule has 8 heteroatoms. The van der Waals surface area contributed by atoms with Crippen molar-refractivity contribution in [2.75, 3.05) is 25.0 Å². The maximum atomic E-state index is 5.99. The van der Waals surface area contributed by atoms with Crippen LogP contribution in [0.2, 0.25) is 5.28 Å². The van der Waals surface area contributed by atoms with Crippen molar-refractivity contribution >= 4 is 17.5 Å². The molecule has 0 spiro atoms. The van der Waals surface area contributed by atoms with Crippen molar-refractivity contribution in [2.45, 2.75) is 25.8 Å². The summed E-state index contributed by atoms with van der Waals surface area (Å²) in [4.78, 5) is 19.1. The number of imidazole rings is 1. The number of nitrogens with one attached hydrogen (secondary N) is 1. The third-order valence-electron chi connectivity index (χ3n) is 3.70. The fraction of sp³-hybridized carbons (Fsp3) is 0.538. The van der Waals surface area contributed by atoms with E-state index in [0.29, 0.717) is 17.9 Å². The zero-order valence-corrected chi connectivity index (χ0v) is 12.7. The molecule has 1 aliphatic rings. The third kappa shape index (κ3) is 3.48. The van der Waals surface area contributed by atoms with E-state index in [1.165, 1.54) is 0 Å². The Labute approximate surface area is 128 Å². The molecular formula is C13H18ClN7. The second-order valence-corrected chi connectivity index (χ2v) is 5.39. The van der Waals surface area contributed by atoms with Gasteiger partial charge in [-0.05, 0) is 31.0 Å². The fourth-order valence-electron chi connectivity index (χ4n) is 2.47. The Hall–Kier alpha value is -1.73. The smallest absolute Gasteiger partial charge is 0.241 e. The summed E-state index contributed by atoms with van der Waals surface area (Å²) >= 11 is 5.99. The van der Waals surface area contributed by atoms with E-state index in [2.05, 4.69) is 37.1 Å². The second-order valence-electron chi connectivity index (χ2n) is 5.05. The first-order chi connectivity index (χ1) is 10.2. The number of hydrogen-bond acceptors (Lipinski definition) is 6. The number of piperidine rings is 1. The number of likely N-dealkylation sites (tertiary alicyclic amines) is 1. The average molecular weight is 308 g/mol. The van der Waals surface area contributed by atoms with Crippen molar-refractivity contribution in [3.8, 4) is 5.95 Å². The SMILES string of the molecule is CCN1CCC(Nc2nc(Cl)nc(-n3ccnc3)n2)CC1. The van der Waals surface area contributed by atoms with Crippen LogP contribution in [-0.4, -0.2) is 55.1 Å². The van der Waals surface area contributed by atoms with E-state index in [0.717, 1.165) is 32.5 Å². The highest BCUT2D eigenvalue weighted by molar-refractivity contribution is 6.28. The molecule has 1 N–H and O–H groups in total. The topological polar surface area (TPSA) is 71.8 Å². The van der Waals surface area contributed by atoms with E-state index < -0.39 is 0 Å². The van der Waals surface area contributed by atoms with E-state index in [9.17, 15) is 0 Å². The van der Waals surface area contributed by atoms with Crippen LogP contribution < -0.4 is 5.32 Å². The van der Waals surface area contributed by atoms with E-state index in [1.807, 2.05) is 0 Å². The van der Waals surface area contributed by atoms with Crippen LogP contribution in [0.3, 0.4) is 0 Å². The number of rotatable bonds is 4. The average Bonchev–Trinajstić information content (AvgIpc) is 3.02. The Kier molecular flexibility index (Phi) is 4.31. The van der Waals surface area contributed by atoms with Crippen LogP contribution in [-0.2, 0) is 0 Å². The highest BCUT2D eigenvalue weighted by atomic mass is 35.5. The summed E-state index contributed by atoms with van der Waals surface area (Å²) < 4.78 is 1.71. The minimum absolute atomic E-state index is 0.183. The molecule has 2 aromatic rings. The number of aromatic nitrogens is 5. The Morgan fingerprint density at radius 3 is 2.76 bits per heavy atom. The molecule has 112 valence electrons. The van der Waals surface area contributed by atoms with Crippen LogP contribution in [0.1, 0.15) is 19.8 Å². The molecule has 7 nitrogen and oxygen atoms in total. The van der Waals surface area contributed by atoms with Gasteiger partial charge in [-0.2, -0.15) is 15.0 Å². The zero-order valence-electron chi connectivity index (χ0n) is 11.9. The molecule has 1 fully saturated rings. The predicted octanol–water partition coefficient (Wildman–Crippen LogP) is 1.61. The molecule has 3 heterocycles. The van der Waals surface area contributed by atoms with Gasteiger partial charge in [-0.1, -0.05) is 6.92 Å². The minimum Gasteiger partial charge on any atom is -0.351 e. The maximum Gasteiger partial charge on any atom is 0.241 e. The maximum absolute atomic E-state index is 5.99. The van der Waals surface area contributed by atoms with E-state index >= 15 is 0 Å². The number of nitrogens with zero attached hydrogens (tertiary/aromatic N) is 6. The van der Waals surface area contributed by atoms with Gasteiger partial charge in [0.25, 0.3) is 0 Å². The summed E-state index contributed by atoms with van der Waals surface area (Å²) in [6, 6.07) is 0.377. The normalized spacial score (nSPS) is 17.0. The van der Waals surface area contributed by atoms with E-state index in [4.69, 9.17) is 11.6 Å². The van der Waals surface area contributed by atoms with Crippen LogP contribution in [0.4, 0.5) is 5.95 Å². The second kappa shape index (κ2) is 6.36. The standard InChI is InChI=1S/C13H18ClN7/c1-2-20-6-3-10(4-7-20)16-12-17-11(14)18-13(19-12)21-8-5-15-9-21/h5,8-10H,2-4,6-7H2,1H3,(H,16,17,18,19). The van der Waals surface area contributed by atoms with Crippen LogP contribution in [0.15, 0.2) is 18.7 Å². The molecule has 0 saturated carbocycles. The first kappa shape index (κ1) is 14.2. The monoisotopic (exact) mass is 307 g/mol. The van der Waals surface area contributed by atoms with Crippen molar-refractivity contribution in [3.63, 3.8) is 0 Å². The first-order valence-corrected chi connectivity index (χ1v) is 7.51. The molecular weight excluding hydrogens is 290 g/mol. The van der Waals surface area contributed by atoms with E-state index in [-0.39, 0.29) is 5.28 Å². The zero-order chi connectivity index (χ0) is 14.7. The van der Waals surface area contributed by atoms with E-state index in [1.54, 1.807) is 23.3 Å². The molecule has 1 saturated heterocycles. The number of hydrogen-bond donors (Lipinski definition) is 1. The molecule has 0 bridgehead atoms. The molecule has 0 amide bonds. The molecule has 0 radical (unpaired) electrons. The molecule has 0 aliphatic carbocycles. The van der Waals surface area contributed by atoms with Gasteiger partial charge < -0.3 is 10.2 Å². The van der Waals surface area contributed by atoms with Crippen molar-refractivity contribution < 1.29 is 0 Å². The minimum atomic E-state index is 0.183. The molecule has 0 atom stereocenters. The lowest BCUT2D eigenvalue weighted by Crippen LogP contribution is -2.39. The van der Waals surface area contributed by atoms with Crippen LogP contribution >= 0.6 is 11.6 Å². The molecule has 0 aromatic carbocycles. The summed E-state index contributed by atoms with van der Waals surface area (Å²) in [5.74, 6) is 0.995. The molecule has 3 rings (SSSR count). The van der Waals surface area contributed by atoms with Gasteiger partial charge in [0, 0.05) is 31.5 Å². The van der Waals surface area contributed by atoms with Gasteiger partial charge in [0.1, 0.15) is 6.33 Å². The fourth-order valence-corrected chi connectivity index (χ4v) is 2.63. The van der Waals surface area contributed by atoms with Gasteiger partial charge in [-0.15, -0.1) is 0 Å². The number of anilines is 1. The van der Waals surface area contributed by atoms with Gasteiger partial charge in [-0.3, -0.25) is 4.57 Å². The van der Waals surface area contributed by atoms with Crippen LogP contribution in [0.25, 0.3) is 5.95 Å². The Bertz CT molecular complexity index is 578. The quantitative estimate of drug-likeness (QED) is 0.925. The lowest BCUT2D eigenvalue weighted by Gasteiger charge is -2.31. The highest BCUT2D eigenvalue weighted by Crippen LogP contribution is 2.16. The lowest BCUT2D eigenvalue weighted by molar-refractivity contribution is 0.229. The Morgan fingerprint density at radius 2 is 2.10 bits per heavy atom. The van der Waals surface area contributed by atoms with Crippen LogP contribution in [0.5, 0.6) is 0 Å². The third-order valence-corrected chi connectivity index (χ3v) is 3.87. The van der Waals surface area contributed by atoms with Gasteiger partial charge in [0.05, 0.1) is 0 Å². The van der Waals surface area contributed by atoms with Crippen molar-refractivity contribution in [1.29, 1.82) is 0 Å². The lowest BCUT2D eigenvalue weighted by atomic mass is 10.1. The largest absolute Gasteiger partial charge is 0.351 e. The van der Waals surface area contributed by atoms with Gasteiger partial charge in [0.2, 0.25) is 17.2 Å². The first-order valence-electron chi connectivity index (χ1n) is 7.13. The highest BCUT2D eigenvalue weighted by Gasteiger charge is 2.19. The molecule has 0 unspecified atom stereocenters. The van der Waals surface area contributed by atoms with Crippen molar-refractivity contribution in [3.05, 3.63) is 24.0 Å². The summed E-state index contributed by atoms with van der Waals surface area (Å²) in [6.07, 6.45) is 7.24. The summed E-state index contributed by atoms with van der Waals surface area (Å²) in [5.41, 5.74) is 0. The molecule has 1 aliphatic heterocycles. The van der Waals surface area contributed by atoms with Crippen molar-refractivity contribution in [2.24, 2.45) is 0 Å². The Balaban J connectivity index is 1.71. The molecule has 2 aromatic heterocycles. The van der Waals surface area contributed by atoms with Crippen molar-refractivity contribution in [1.82, 2.24) is 29.4 Å². The van der Waals surface area contributed by atoms with Gasteiger partial charge in [0.15, 0.2) is 0 Å². The number of halogens is 1. The van der Waals surface area contributed by atoms with Crippen LogP contribution in [0, 0.1) is 0 Å².